The Morgan fingerprint density at radius 1 is 1.26 bits per heavy atom. The van der Waals surface area contributed by atoms with Crippen LogP contribution in [-0.2, 0) is 11.3 Å². The van der Waals surface area contributed by atoms with Crippen LogP contribution in [-0.4, -0.2) is 66.6 Å². The minimum atomic E-state index is -0.864. The van der Waals surface area contributed by atoms with E-state index in [9.17, 15) is 14.7 Å². The van der Waals surface area contributed by atoms with Crippen LogP contribution in [0.15, 0.2) is 42.5 Å². The van der Waals surface area contributed by atoms with Gasteiger partial charge in [0.2, 0.25) is 0 Å². The Morgan fingerprint density at radius 3 is 2.71 bits per heavy atom. The fraction of sp³-hybridized carbons (Fsp3) is 0.318. The number of nitrogens with one attached hydrogen (secondary N) is 2. The van der Waals surface area contributed by atoms with Crippen LogP contribution >= 0.6 is 0 Å². The molecule has 2 heterocycles. The highest BCUT2D eigenvalue weighted by Gasteiger charge is 2.26. The number of aromatic nitrogens is 2. The van der Waals surface area contributed by atoms with Gasteiger partial charge in [-0.15, -0.1) is 0 Å². The summed E-state index contributed by atoms with van der Waals surface area (Å²) in [5, 5.41) is 20.3. The number of nitrogens with zero attached hydrogens (tertiary/aromatic N) is 3. The first-order valence-electron chi connectivity index (χ1n) is 10.1. The molecule has 9 heteroatoms. The first-order chi connectivity index (χ1) is 15.0. The molecule has 4 rings (SSSR count). The van der Waals surface area contributed by atoms with Crippen LogP contribution in [0.5, 0.6) is 5.75 Å². The van der Waals surface area contributed by atoms with E-state index in [2.05, 4.69) is 15.7 Å². The van der Waals surface area contributed by atoms with Gasteiger partial charge in [-0.1, -0.05) is 12.1 Å². The molecular weight excluding hydrogens is 398 g/mol. The summed E-state index contributed by atoms with van der Waals surface area (Å²) in [5.41, 5.74) is 3.10. The molecule has 0 radical (unpaired) electrons. The van der Waals surface area contributed by atoms with Gasteiger partial charge in [0.15, 0.2) is 5.69 Å². The number of piperazine rings is 1. The number of fused-ring (bicyclic) bond motifs is 1. The zero-order chi connectivity index (χ0) is 22.0. The smallest absolute Gasteiger partial charge is 0.322 e. The van der Waals surface area contributed by atoms with E-state index in [0.29, 0.717) is 31.9 Å². The van der Waals surface area contributed by atoms with E-state index in [1.807, 2.05) is 52.0 Å². The van der Waals surface area contributed by atoms with Crippen LogP contribution < -0.4 is 20.3 Å². The average Bonchev–Trinajstić information content (AvgIpc) is 3.16. The molecule has 31 heavy (non-hydrogen) atoms. The Bertz CT molecular complexity index is 1110. The topological polar surface area (TPSA) is 109 Å². The maximum Gasteiger partial charge on any atom is 0.322 e. The number of amides is 1. The number of ether oxygens (including phenoxy) is 1. The maximum atomic E-state index is 12.4. The summed E-state index contributed by atoms with van der Waals surface area (Å²) in [5.74, 6) is -0.342. The van der Waals surface area contributed by atoms with Gasteiger partial charge in [0.1, 0.15) is 11.8 Å². The van der Waals surface area contributed by atoms with E-state index < -0.39 is 12.0 Å². The lowest BCUT2D eigenvalue weighted by molar-refractivity contribution is -0.139. The zero-order valence-electron chi connectivity index (χ0n) is 17.5. The normalized spacial score (nSPS) is 16.3. The monoisotopic (exact) mass is 423 g/mol. The molecule has 1 amide bonds. The second-order valence-electron chi connectivity index (χ2n) is 7.43. The Morgan fingerprint density at radius 2 is 2.03 bits per heavy atom. The van der Waals surface area contributed by atoms with Crippen molar-refractivity contribution in [1.29, 1.82) is 0 Å². The van der Waals surface area contributed by atoms with E-state index >= 15 is 0 Å². The minimum absolute atomic E-state index is 0.251. The molecule has 0 saturated carbocycles. The molecule has 162 valence electrons. The van der Waals surface area contributed by atoms with Gasteiger partial charge in [-0.05, 0) is 35.9 Å². The second kappa shape index (κ2) is 8.65. The summed E-state index contributed by atoms with van der Waals surface area (Å²) < 4.78 is 7.03. The van der Waals surface area contributed by atoms with E-state index in [1.165, 1.54) is 0 Å². The second-order valence-corrected chi connectivity index (χ2v) is 7.43. The average molecular weight is 423 g/mol. The predicted molar refractivity (Wildman–Crippen MR) is 117 cm³/mol. The number of methoxy groups -OCH3 is 1. The Hall–Kier alpha value is -3.59. The number of anilines is 1. The van der Waals surface area contributed by atoms with E-state index in [1.54, 1.807) is 14.2 Å². The van der Waals surface area contributed by atoms with Gasteiger partial charge < -0.3 is 25.4 Å². The van der Waals surface area contributed by atoms with Gasteiger partial charge in [0.25, 0.3) is 5.91 Å². The maximum absolute atomic E-state index is 12.4. The molecule has 1 fully saturated rings. The van der Waals surface area contributed by atoms with E-state index in [-0.39, 0.29) is 5.91 Å². The number of aliphatic carboxylic acids is 1. The van der Waals surface area contributed by atoms with Gasteiger partial charge >= 0.3 is 5.97 Å². The van der Waals surface area contributed by atoms with Crippen molar-refractivity contribution in [3.63, 3.8) is 0 Å². The Balaban J connectivity index is 1.72. The van der Waals surface area contributed by atoms with Crippen molar-refractivity contribution in [1.82, 2.24) is 20.4 Å². The molecule has 1 saturated heterocycles. The van der Waals surface area contributed by atoms with Crippen molar-refractivity contribution in [3.8, 4) is 5.75 Å². The molecule has 2 aromatic carbocycles. The third kappa shape index (κ3) is 4.17. The molecule has 9 nitrogen and oxygen atoms in total. The predicted octanol–water partition coefficient (Wildman–Crippen LogP) is 1.32. The molecule has 1 unspecified atom stereocenters. The van der Waals surface area contributed by atoms with Crippen LogP contribution in [0.3, 0.4) is 0 Å². The first kappa shape index (κ1) is 20.7. The summed E-state index contributed by atoms with van der Waals surface area (Å²) in [6.07, 6.45) is 0. The SMILES string of the molecule is CNC(=O)c1nn(Cc2ccc(OC)cc2)c2cc(N3CCNC(C(=O)O)C3)ccc12. The third-order valence-electron chi connectivity index (χ3n) is 5.51. The lowest BCUT2D eigenvalue weighted by Crippen LogP contribution is -2.54. The number of carboxylic acid groups (broad SMARTS) is 1. The van der Waals surface area contributed by atoms with Crippen LogP contribution in [0.1, 0.15) is 16.1 Å². The number of rotatable bonds is 6. The number of carbonyl (C=O) groups excluding carboxylic acids is 1. The van der Waals surface area contributed by atoms with Crippen molar-refractivity contribution >= 4 is 28.5 Å². The number of carbonyl (C=O) groups is 2. The lowest BCUT2D eigenvalue weighted by Gasteiger charge is -2.33. The Labute approximate surface area is 179 Å². The van der Waals surface area contributed by atoms with Crippen molar-refractivity contribution in [3.05, 3.63) is 53.7 Å². The highest BCUT2D eigenvalue weighted by molar-refractivity contribution is 6.05. The van der Waals surface area contributed by atoms with Gasteiger partial charge in [0, 0.05) is 37.8 Å². The summed E-state index contributed by atoms with van der Waals surface area (Å²) in [6.45, 7) is 2.14. The first-order valence-corrected chi connectivity index (χ1v) is 10.1. The van der Waals surface area contributed by atoms with Crippen LogP contribution in [0.2, 0.25) is 0 Å². The van der Waals surface area contributed by atoms with Crippen LogP contribution in [0.4, 0.5) is 5.69 Å². The molecule has 1 aromatic heterocycles. The van der Waals surface area contributed by atoms with Crippen molar-refractivity contribution in [2.75, 3.05) is 38.7 Å². The van der Waals surface area contributed by atoms with Crippen molar-refractivity contribution < 1.29 is 19.4 Å². The molecule has 1 atom stereocenters. The molecule has 3 aromatic rings. The lowest BCUT2D eigenvalue weighted by atomic mass is 10.1. The van der Waals surface area contributed by atoms with Gasteiger partial charge in [-0.25, -0.2) is 0 Å². The Kier molecular flexibility index (Phi) is 5.77. The van der Waals surface area contributed by atoms with E-state index in [4.69, 9.17) is 4.74 Å². The highest BCUT2D eigenvalue weighted by Crippen LogP contribution is 2.27. The van der Waals surface area contributed by atoms with Crippen molar-refractivity contribution in [2.45, 2.75) is 12.6 Å². The highest BCUT2D eigenvalue weighted by atomic mass is 16.5. The number of benzene rings is 2. The van der Waals surface area contributed by atoms with Gasteiger partial charge in [-0.3, -0.25) is 14.3 Å². The van der Waals surface area contributed by atoms with Gasteiger partial charge in [-0.2, -0.15) is 5.10 Å². The fourth-order valence-electron chi connectivity index (χ4n) is 3.82. The van der Waals surface area contributed by atoms with Crippen LogP contribution in [0.25, 0.3) is 10.9 Å². The molecule has 0 spiro atoms. The summed E-state index contributed by atoms with van der Waals surface area (Å²) in [6, 6.07) is 12.9. The fourth-order valence-corrected chi connectivity index (χ4v) is 3.82. The molecule has 0 bridgehead atoms. The zero-order valence-corrected chi connectivity index (χ0v) is 17.5. The molecule has 3 N–H and O–H groups in total. The number of carboxylic acids is 1. The number of hydrogen-bond donors (Lipinski definition) is 3. The largest absolute Gasteiger partial charge is 0.497 e. The minimum Gasteiger partial charge on any atom is -0.497 e. The standard InChI is InChI=1S/C22H25N5O4/c1-23-21(28)20-17-8-5-15(26-10-9-24-18(13-26)22(29)30)11-19(17)27(25-20)12-14-3-6-16(31-2)7-4-14/h3-8,11,18,24H,9-10,12-13H2,1-2H3,(H,23,28)(H,29,30). The number of hydrogen-bond acceptors (Lipinski definition) is 6. The molecule has 1 aliphatic rings. The summed E-state index contributed by atoms with van der Waals surface area (Å²) >= 11 is 0. The quantitative estimate of drug-likeness (QED) is 0.549. The summed E-state index contributed by atoms with van der Waals surface area (Å²) in [4.78, 5) is 25.8. The van der Waals surface area contributed by atoms with Crippen LogP contribution in [0, 0.1) is 0 Å². The molecule has 1 aliphatic heterocycles. The molecular formula is C22H25N5O4. The third-order valence-corrected chi connectivity index (χ3v) is 5.51. The molecule has 0 aliphatic carbocycles. The van der Waals surface area contributed by atoms with E-state index in [0.717, 1.165) is 27.9 Å². The van der Waals surface area contributed by atoms with Gasteiger partial charge in [0.05, 0.1) is 19.2 Å². The van der Waals surface area contributed by atoms with Crippen molar-refractivity contribution in [2.24, 2.45) is 0 Å². The summed E-state index contributed by atoms with van der Waals surface area (Å²) in [7, 11) is 3.20.